The van der Waals surface area contributed by atoms with Gasteiger partial charge in [-0.15, -0.1) is 0 Å². The molecular formula is C12H18BrNO2. The summed E-state index contributed by atoms with van der Waals surface area (Å²) in [5.41, 5.74) is 1.09. The number of benzene rings is 1. The van der Waals surface area contributed by atoms with Crippen LogP contribution < -0.4 is 14.8 Å². The summed E-state index contributed by atoms with van der Waals surface area (Å²) in [6.07, 6.45) is 0.130. The number of hydrogen-bond donors (Lipinski definition) is 1. The minimum Gasteiger partial charge on any atom is -0.493 e. The molecule has 1 aromatic rings. The van der Waals surface area contributed by atoms with E-state index < -0.39 is 0 Å². The first kappa shape index (κ1) is 13.3. The zero-order valence-corrected chi connectivity index (χ0v) is 11.7. The second kappa shape index (κ2) is 6.11. The molecule has 90 valence electrons. The summed E-state index contributed by atoms with van der Waals surface area (Å²) in [5, 5.41) is 3.12. The molecule has 0 bridgehead atoms. The van der Waals surface area contributed by atoms with Crippen molar-refractivity contribution in [1.82, 2.24) is 5.32 Å². The maximum atomic E-state index is 5.79. The van der Waals surface area contributed by atoms with E-state index in [0.29, 0.717) is 0 Å². The molecular weight excluding hydrogens is 270 g/mol. The highest BCUT2D eigenvalue weighted by molar-refractivity contribution is 9.10. The molecule has 3 nitrogen and oxygen atoms in total. The van der Waals surface area contributed by atoms with E-state index in [1.54, 1.807) is 7.11 Å². The van der Waals surface area contributed by atoms with Crippen LogP contribution in [0.5, 0.6) is 11.5 Å². The Balaban J connectivity index is 3.15. The molecule has 1 aromatic carbocycles. The van der Waals surface area contributed by atoms with Crippen molar-refractivity contribution in [2.24, 2.45) is 0 Å². The van der Waals surface area contributed by atoms with Gasteiger partial charge >= 0.3 is 0 Å². The Bertz CT molecular complexity index is 353. The fraction of sp³-hybridized carbons (Fsp3) is 0.500. The minimum atomic E-state index is 0.130. The largest absolute Gasteiger partial charge is 0.493 e. The van der Waals surface area contributed by atoms with Crippen LogP contribution in [0.3, 0.4) is 0 Å². The number of nitrogens with one attached hydrogen (secondary N) is 1. The summed E-state index contributed by atoms with van der Waals surface area (Å²) in [7, 11) is 3.56. The van der Waals surface area contributed by atoms with Crippen molar-refractivity contribution < 1.29 is 9.47 Å². The van der Waals surface area contributed by atoms with Gasteiger partial charge in [0.1, 0.15) is 0 Å². The first-order chi connectivity index (χ1) is 7.58. The average molecular weight is 288 g/mol. The van der Waals surface area contributed by atoms with Crippen LogP contribution in [0.15, 0.2) is 16.6 Å². The smallest absolute Gasteiger partial charge is 0.166 e. The van der Waals surface area contributed by atoms with Gasteiger partial charge in [0.15, 0.2) is 11.5 Å². The molecule has 0 fully saturated rings. The van der Waals surface area contributed by atoms with Gasteiger partial charge in [0.2, 0.25) is 0 Å². The third-order valence-electron chi connectivity index (χ3n) is 2.04. The predicted octanol–water partition coefficient (Wildman–Crippen LogP) is 2.96. The highest BCUT2D eigenvalue weighted by atomic mass is 79.9. The molecule has 1 N–H and O–H groups in total. The lowest BCUT2D eigenvalue weighted by atomic mass is 10.2. The molecule has 1 rings (SSSR count). The quantitative estimate of drug-likeness (QED) is 0.903. The van der Waals surface area contributed by atoms with E-state index in [1.165, 1.54) is 0 Å². The molecule has 0 atom stereocenters. The average Bonchev–Trinajstić information content (AvgIpc) is 2.21. The van der Waals surface area contributed by atoms with E-state index in [1.807, 2.05) is 33.0 Å². The third kappa shape index (κ3) is 3.39. The molecule has 0 spiro atoms. The molecule has 0 unspecified atom stereocenters. The van der Waals surface area contributed by atoms with Crippen LogP contribution in [0.2, 0.25) is 0 Å². The Labute approximate surface area is 105 Å². The van der Waals surface area contributed by atoms with Crippen molar-refractivity contribution in [2.75, 3.05) is 14.2 Å². The van der Waals surface area contributed by atoms with Crippen LogP contribution in [0.25, 0.3) is 0 Å². The van der Waals surface area contributed by atoms with Crippen LogP contribution in [0, 0.1) is 0 Å². The van der Waals surface area contributed by atoms with Gasteiger partial charge in [-0.05, 0) is 33.0 Å². The van der Waals surface area contributed by atoms with Crippen molar-refractivity contribution in [3.63, 3.8) is 0 Å². The normalized spacial score (nSPS) is 10.6. The third-order valence-corrected chi connectivity index (χ3v) is 2.50. The molecule has 0 amide bonds. The summed E-state index contributed by atoms with van der Waals surface area (Å²) in [6, 6.07) is 3.95. The number of methoxy groups -OCH3 is 1. The Hall–Kier alpha value is -0.740. The van der Waals surface area contributed by atoms with E-state index >= 15 is 0 Å². The van der Waals surface area contributed by atoms with Gasteiger partial charge < -0.3 is 14.8 Å². The van der Waals surface area contributed by atoms with Gasteiger partial charge in [0, 0.05) is 16.6 Å². The summed E-state index contributed by atoms with van der Waals surface area (Å²) in [6.45, 7) is 4.76. The first-order valence-corrected chi connectivity index (χ1v) is 6.05. The van der Waals surface area contributed by atoms with Crippen LogP contribution in [0.4, 0.5) is 0 Å². The number of hydrogen-bond acceptors (Lipinski definition) is 3. The fourth-order valence-corrected chi connectivity index (χ4v) is 1.95. The molecule has 0 aliphatic rings. The molecule has 0 saturated carbocycles. The van der Waals surface area contributed by atoms with Crippen LogP contribution in [-0.4, -0.2) is 20.3 Å². The van der Waals surface area contributed by atoms with Gasteiger partial charge in [0.25, 0.3) is 0 Å². The Morgan fingerprint density at radius 3 is 2.56 bits per heavy atom. The summed E-state index contributed by atoms with van der Waals surface area (Å²) < 4.78 is 12.1. The van der Waals surface area contributed by atoms with Crippen molar-refractivity contribution >= 4 is 15.9 Å². The molecule has 0 radical (unpaired) electrons. The molecule has 4 heteroatoms. The molecule has 0 saturated heterocycles. The van der Waals surface area contributed by atoms with Gasteiger partial charge in [-0.25, -0.2) is 0 Å². The van der Waals surface area contributed by atoms with Crippen LogP contribution in [0.1, 0.15) is 19.4 Å². The summed E-state index contributed by atoms with van der Waals surface area (Å²) in [5.74, 6) is 1.57. The maximum Gasteiger partial charge on any atom is 0.166 e. The second-order valence-corrected chi connectivity index (χ2v) is 4.71. The molecule has 0 aromatic heterocycles. The highest BCUT2D eigenvalue weighted by Gasteiger charge is 2.13. The van der Waals surface area contributed by atoms with Crippen molar-refractivity contribution in [3.8, 4) is 11.5 Å². The van der Waals surface area contributed by atoms with Crippen molar-refractivity contribution in [3.05, 3.63) is 22.2 Å². The lowest BCUT2D eigenvalue weighted by molar-refractivity contribution is 0.227. The lowest BCUT2D eigenvalue weighted by Crippen LogP contribution is -2.12. The predicted molar refractivity (Wildman–Crippen MR) is 69.2 cm³/mol. The van der Waals surface area contributed by atoms with Crippen LogP contribution >= 0.6 is 15.9 Å². The minimum absolute atomic E-state index is 0.130. The first-order valence-electron chi connectivity index (χ1n) is 5.26. The van der Waals surface area contributed by atoms with Crippen LogP contribution in [-0.2, 0) is 6.54 Å². The van der Waals surface area contributed by atoms with Gasteiger partial charge in [-0.3, -0.25) is 0 Å². The maximum absolute atomic E-state index is 5.79. The monoisotopic (exact) mass is 287 g/mol. The second-order valence-electron chi connectivity index (χ2n) is 3.79. The zero-order valence-electron chi connectivity index (χ0n) is 10.1. The van der Waals surface area contributed by atoms with Crippen molar-refractivity contribution in [1.29, 1.82) is 0 Å². The van der Waals surface area contributed by atoms with E-state index in [4.69, 9.17) is 9.47 Å². The SMILES string of the molecule is CNCc1cc(Br)cc(OC)c1OC(C)C. The topological polar surface area (TPSA) is 30.5 Å². The Morgan fingerprint density at radius 1 is 1.38 bits per heavy atom. The molecule has 0 heterocycles. The summed E-state index contributed by atoms with van der Waals surface area (Å²) >= 11 is 3.46. The number of rotatable bonds is 5. The molecule has 0 aliphatic carbocycles. The highest BCUT2D eigenvalue weighted by Crippen LogP contribution is 2.35. The van der Waals surface area contributed by atoms with E-state index in [9.17, 15) is 0 Å². The van der Waals surface area contributed by atoms with Crippen molar-refractivity contribution in [2.45, 2.75) is 26.5 Å². The number of ether oxygens (including phenoxy) is 2. The standard InChI is InChI=1S/C12H18BrNO2/c1-8(2)16-12-9(7-14-3)5-10(13)6-11(12)15-4/h5-6,8,14H,7H2,1-4H3. The molecule has 16 heavy (non-hydrogen) atoms. The van der Waals surface area contributed by atoms with E-state index in [2.05, 4.69) is 21.2 Å². The zero-order chi connectivity index (χ0) is 12.1. The molecule has 0 aliphatic heterocycles. The summed E-state index contributed by atoms with van der Waals surface area (Å²) in [4.78, 5) is 0. The Morgan fingerprint density at radius 2 is 2.06 bits per heavy atom. The van der Waals surface area contributed by atoms with Gasteiger partial charge in [-0.2, -0.15) is 0 Å². The number of halogens is 1. The van der Waals surface area contributed by atoms with E-state index in [-0.39, 0.29) is 6.10 Å². The van der Waals surface area contributed by atoms with E-state index in [0.717, 1.165) is 28.1 Å². The fourth-order valence-electron chi connectivity index (χ4n) is 1.47. The van der Waals surface area contributed by atoms with Gasteiger partial charge in [-0.1, -0.05) is 15.9 Å². The Kier molecular flexibility index (Phi) is 5.09. The van der Waals surface area contributed by atoms with Gasteiger partial charge in [0.05, 0.1) is 13.2 Å². The lowest BCUT2D eigenvalue weighted by Gasteiger charge is -2.17.